The van der Waals surface area contributed by atoms with E-state index in [-0.39, 0.29) is 11.9 Å². The fraction of sp³-hybridized carbons (Fsp3) is 0.462. The van der Waals surface area contributed by atoms with E-state index in [9.17, 15) is 4.79 Å². The van der Waals surface area contributed by atoms with E-state index in [4.69, 9.17) is 4.74 Å². The maximum atomic E-state index is 10.5. The second-order valence-electron chi connectivity index (χ2n) is 3.42. The van der Waals surface area contributed by atoms with Crippen LogP contribution in [-0.2, 0) is 9.53 Å². The van der Waals surface area contributed by atoms with Crippen molar-refractivity contribution in [2.75, 3.05) is 13.7 Å². The zero-order valence-corrected chi connectivity index (χ0v) is 10.4. The number of hydrogen-bond donors (Lipinski definition) is 0. The highest BCUT2D eigenvalue weighted by Gasteiger charge is 2.04. The molecular weight excluding hydrogens is 204 g/mol. The minimum absolute atomic E-state index is 0.00921. The molecule has 0 aliphatic carbocycles. The van der Waals surface area contributed by atoms with Gasteiger partial charge in [-0.05, 0) is 19.1 Å². The number of ether oxygens (including phenoxy) is 2. The van der Waals surface area contributed by atoms with E-state index in [2.05, 4.69) is 4.74 Å². The van der Waals surface area contributed by atoms with Gasteiger partial charge in [0.25, 0.3) is 0 Å². The summed E-state index contributed by atoms with van der Waals surface area (Å²) < 4.78 is 9.58. The van der Waals surface area contributed by atoms with Crippen molar-refractivity contribution in [2.24, 2.45) is 5.92 Å². The second-order valence-corrected chi connectivity index (χ2v) is 3.42. The highest BCUT2D eigenvalue weighted by molar-refractivity contribution is 5.71. The van der Waals surface area contributed by atoms with E-state index < -0.39 is 0 Å². The van der Waals surface area contributed by atoms with Crippen molar-refractivity contribution in [3.05, 3.63) is 30.3 Å². The predicted octanol–water partition coefficient (Wildman–Crippen LogP) is 2.90. The lowest BCUT2D eigenvalue weighted by molar-refractivity contribution is -0.146. The molecule has 0 bridgehead atoms. The van der Waals surface area contributed by atoms with Gasteiger partial charge in [0, 0.05) is 0 Å². The van der Waals surface area contributed by atoms with Crippen molar-refractivity contribution in [3.8, 4) is 5.75 Å². The standard InChI is InChI=1S/C7H8O.C6H12O2/c1-8-7-5-3-2-4-6-7;1-4-8-6(7)5(2)3/h2-6H,1H3;5H,4H2,1-3H3. The molecule has 0 spiro atoms. The first-order chi connectivity index (χ1) is 7.61. The Morgan fingerprint density at radius 2 is 1.81 bits per heavy atom. The number of carbonyl (C=O) groups is 1. The van der Waals surface area contributed by atoms with Crippen molar-refractivity contribution in [2.45, 2.75) is 20.8 Å². The monoisotopic (exact) mass is 224 g/mol. The second kappa shape index (κ2) is 8.77. The fourth-order valence-electron chi connectivity index (χ4n) is 0.866. The first-order valence-corrected chi connectivity index (χ1v) is 5.37. The van der Waals surface area contributed by atoms with Crippen molar-refractivity contribution in [3.63, 3.8) is 0 Å². The van der Waals surface area contributed by atoms with Crippen LogP contribution in [0.25, 0.3) is 0 Å². The third-order valence-electron chi connectivity index (χ3n) is 1.74. The highest BCUT2D eigenvalue weighted by Crippen LogP contribution is 2.05. The van der Waals surface area contributed by atoms with Gasteiger partial charge in [-0.2, -0.15) is 0 Å². The molecule has 0 N–H and O–H groups in total. The lowest BCUT2D eigenvalue weighted by Gasteiger charge is -2.01. The predicted molar refractivity (Wildman–Crippen MR) is 64.5 cm³/mol. The molecule has 1 aromatic carbocycles. The number of rotatable bonds is 3. The van der Waals surface area contributed by atoms with Gasteiger partial charge in [0.05, 0.1) is 19.6 Å². The van der Waals surface area contributed by atoms with Gasteiger partial charge in [0.2, 0.25) is 0 Å². The summed E-state index contributed by atoms with van der Waals surface area (Å²) in [6.07, 6.45) is 0. The largest absolute Gasteiger partial charge is 0.497 e. The van der Waals surface area contributed by atoms with Gasteiger partial charge in [0.15, 0.2) is 0 Å². The SMILES string of the molecule is CCOC(=O)C(C)C.COc1ccccc1. The molecule has 0 heterocycles. The Kier molecular flexibility index (Phi) is 7.94. The fourth-order valence-corrected chi connectivity index (χ4v) is 0.866. The summed E-state index contributed by atoms with van der Waals surface area (Å²) in [5, 5.41) is 0. The number of carbonyl (C=O) groups excluding carboxylic acids is 1. The van der Waals surface area contributed by atoms with E-state index in [0.29, 0.717) is 6.61 Å². The molecule has 1 aromatic rings. The van der Waals surface area contributed by atoms with Crippen LogP contribution < -0.4 is 4.74 Å². The van der Waals surface area contributed by atoms with E-state index in [1.54, 1.807) is 14.0 Å². The first kappa shape index (κ1) is 14.5. The molecule has 0 aromatic heterocycles. The van der Waals surface area contributed by atoms with Crippen LogP contribution in [0.15, 0.2) is 30.3 Å². The van der Waals surface area contributed by atoms with Crippen LogP contribution in [0.3, 0.4) is 0 Å². The summed E-state index contributed by atoms with van der Waals surface area (Å²) in [7, 11) is 1.66. The van der Waals surface area contributed by atoms with Crippen LogP contribution in [0.4, 0.5) is 0 Å². The summed E-state index contributed by atoms with van der Waals surface area (Å²) in [5.74, 6) is 0.801. The molecule has 0 unspecified atom stereocenters. The van der Waals surface area contributed by atoms with Crippen molar-refractivity contribution < 1.29 is 14.3 Å². The molecule has 0 amide bonds. The number of para-hydroxylation sites is 1. The van der Waals surface area contributed by atoms with Crippen LogP contribution in [0, 0.1) is 5.92 Å². The molecule has 0 radical (unpaired) electrons. The van der Waals surface area contributed by atoms with Crippen molar-refractivity contribution in [1.82, 2.24) is 0 Å². The quantitative estimate of drug-likeness (QED) is 0.740. The lowest BCUT2D eigenvalue weighted by atomic mass is 10.2. The minimum atomic E-state index is -0.118. The van der Waals surface area contributed by atoms with Crippen LogP contribution in [0.1, 0.15) is 20.8 Å². The third kappa shape index (κ3) is 6.87. The Hall–Kier alpha value is -1.51. The van der Waals surface area contributed by atoms with Crippen LogP contribution >= 0.6 is 0 Å². The Morgan fingerprint density at radius 3 is 2.06 bits per heavy atom. The van der Waals surface area contributed by atoms with Gasteiger partial charge in [-0.3, -0.25) is 4.79 Å². The van der Waals surface area contributed by atoms with Gasteiger partial charge in [-0.1, -0.05) is 32.0 Å². The van der Waals surface area contributed by atoms with Gasteiger partial charge in [-0.15, -0.1) is 0 Å². The summed E-state index contributed by atoms with van der Waals surface area (Å²) in [6.45, 7) is 5.92. The van der Waals surface area contributed by atoms with E-state index in [0.717, 1.165) is 5.75 Å². The molecule has 0 saturated carbocycles. The molecule has 1 rings (SSSR count). The number of esters is 1. The van der Waals surface area contributed by atoms with Gasteiger partial charge in [0.1, 0.15) is 5.75 Å². The molecule has 0 saturated heterocycles. The molecule has 0 atom stereocenters. The Morgan fingerprint density at radius 1 is 1.25 bits per heavy atom. The van der Waals surface area contributed by atoms with Gasteiger partial charge < -0.3 is 9.47 Å². The van der Waals surface area contributed by atoms with Gasteiger partial charge in [-0.25, -0.2) is 0 Å². The zero-order chi connectivity index (χ0) is 12.4. The first-order valence-electron chi connectivity index (χ1n) is 5.37. The molecule has 3 nitrogen and oxygen atoms in total. The maximum Gasteiger partial charge on any atom is 0.308 e. The topological polar surface area (TPSA) is 35.5 Å². The third-order valence-corrected chi connectivity index (χ3v) is 1.74. The highest BCUT2D eigenvalue weighted by atomic mass is 16.5. The summed E-state index contributed by atoms with van der Waals surface area (Å²) in [6, 6.07) is 9.68. The average Bonchev–Trinajstić information content (AvgIpc) is 2.31. The van der Waals surface area contributed by atoms with Crippen molar-refractivity contribution in [1.29, 1.82) is 0 Å². The van der Waals surface area contributed by atoms with E-state index in [1.807, 2.05) is 44.2 Å². The molecule has 0 aliphatic heterocycles. The number of hydrogen-bond acceptors (Lipinski definition) is 3. The van der Waals surface area contributed by atoms with Crippen molar-refractivity contribution >= 4 is 5.97 Å². The lowest BCUT2D eigenvalue weighted by Crippen LogP contribution is -2.10. The van der Waals surface area contributed by atoms with Gasteiger partial charge >= 0.3 is 5.97 Å². The molecular formula is C13H20O3. The summed E-state index contributed by atoms with van der Waals surface area (Å²) in [5.41, 5.74) is 0. The molecule has 0 aliphatic rings. The van der Waals surface area contributed by atoms with E-state index in [1.165, 1.54) is 0 Å². The van der Waals surface area contributed by atoms with Crippen LogP contribution in [0.5, 0.6) is 5.75 Å². The Bertz CT molecular complexity index is 280. The summed E-state index contributed by atoms with van der Waals surface area (Å²) >= 11 is 0. The maximum absolute atomic E-state index is 10.5. The molecule has 0 fully saturated rings. The smallest absolute Gasteiger partial charge is 0.308 e. The normalized spacial score (nSPS) is 9.06. The number of benzene rings is 1. The molecule has 16 heavy (non-hydrogen) atoms. The zero-order valence-electron chi connectivity index (χ0n) is 10.4. The molecule has 90 valence electrons. The Balaban J connectivity index is 0.000000281. The van der Waals surface area contributed by atoms with Crippen LogP contribution in [0.2, 0.25) is 0 Å². The van der Waals surface area contributed by atoms with Crippen LogP contribution in [-0.4, -0.2) is 19.7 Å². The van der Waals surface area contributed by atoms with E-state index >= 15 is 0 Å². The summed E-state index contributed by atoms with van der Waals surface area (Å²) in [4.78, 5) is 10.5. The molecule has 3 heteroatoms. The number of methoxy groups -OCH3 is 1. The minimum Gasteiger partial charge on any atom is -0.497 e. The average molecular weight is 224 g/mol. The Labute approximate surface area is 97.4 Å².